The Kier molecular flexibility index (Phi) is 7.52. The number of nitrogens with one attached hydrogen (secondary N) is 2. The Morgan fingerprint density at radius 2 is 1.66 bits per heavy atom. The van der Waals surface area contributed by atoms with Gasteiger partial charge in [0.25, 0.3) is 0 Å². The number of halogens is 1. The van der Waals surface area contributed by atoms with Crippen LogP contribution in [-0.2, 0) is 12.0 Å². The number of ether oxygens (including phenoxy) is 2. The molecule has 2 aliphatic heterocycles. The maximum absolute atomic E-state index is 6.57. The number of fused-ring (bicyclic) bond motifs is 1. The van der Waals surface area contributed by atoms with Crippen molar-refractivity contribution < 1.29 is 9.47 Å². The third-order valence-electron chi connectivity index (χ3n) is 8.01. The number of hydrogen-bond acceptors (Lipinski definition) is 7. The monoisotopic (exact) mass is 533 g/mol. The molecule has 38 heavy (non-hydrogen) atoms. The highest BCUT2D eigenvalue weighted by Crippen LogP contribution is 2.45. The van der Waals surface area contributed by atoms with Crippen molar-refractivity contribution in [2.24, 2.45) is 10.7 Å². The van der Waals surface area contributed by atoms with Crippen molar-refractivity contribution >= 4 is 23.1 Å². The van der Waals surface area contributed by atoms with E-state index in [2.05, 4.69) is 58.0 Å². The Morgan fingerprint density at radius 3 is 2.32 bits per heavy atom. The van der Waals surface area contributed by atoms with Gasteiger partial charge < -0.3 is 20.5 Å². The lowest BCUT2D eigenvalue weighted by atomic mass is 9.68. The van der Waals surface area contributed by atoms with Crippen molar-refractivity contribution in [2.45, 2.75) is 37.0 Å². The Morgan fingerprint density at radius 1 is 1.00 bits per heavy atom. The van der Waals surface area contributed by atoms with Gasteiger partial charge in [-0.3, -0.25) is 10.2 Å². The third-order valence-corrected chi connectivity index (χ3v) is 8.38. The molecule has 0 radical (unpaired) electrons. The largest absolute Gasteiger partial charge is 0.493 e. The van der Waals surface area contributed by atoms with Crippen LogP contribution in [-0.4, -0.2) is 50.9 Å². The second-order valence-corrected chi connectivity index (χ2v) is 10.6. The molecule has 8 heteroatoms. The number of nitrogens with two attached hydrogens (primary N) is 1. The minimum atomic E-state index is -0.780. The summed E-state index contributed by atoms with van der Waals surface area (Å²) in [5, 5.41) is 7.97. The van der Waals surface area contributed by atoms with E-state index in [1.807, 2.05) is 31.3 Å². The molecule has 0 spiro atoms. The highest BCUT2D eigenvalue weighted by Gasteiger charge is 2.45. The van der Waals surface area contributed by atoms with Crippen LogP contribution in [0.5, 0.6) is 11.5 Å². The van der Waals surface area contributed by atoms with E-state index in [4.69, 9.17) is 31.8 Å². The number of benzene rings is 3. The lowest BCUT2D eigenvalue weighted by molar-refractivity contribution is 0.124. The van der Waals surface area contributed by atoms with Crippen LogP contribution < -0.4 is 25.8 Å². The number of hydrogen-bond donors (Lipinski definition) is 3. The summed E-state index contributed by atoms with van der Waals surface area (Å²) in [5.74, 6) is 0.949. The molecular formula is C30H36ClN5O2. The van der Waals surface area contributed by atoms with Crippen LogP contribution in [0.3, 0.4) is 0 Å². The molecule has 1 saturated heterocycles. The molecule has 0 amide bonds. The molecule has 1 atom stereocenters. The van der Waals surface area contributed by atoms with Gasteiger partial charge in [-0.1, -0.05) is 60.1 Å². The fraction of sp³-hybridized carbons (Fsp3) is 0.367. The SMILES string of the molecule is CNC1(CC2(c3ccccc3)CCN(Cc3ccccc3Cl)CC2)N=C(N)c2cc(OC)c(OC)cc2N1. The lowest BCUT2D eigenvalue weighted by Gasteiger charge is -2.48. The summed E-state index contributed by atoms with van der Waals surface area (Å²) in [6.45, 7) is 2.77. The number of methoxy groups -OCH3 is 2. The number of anilines is 1. The van der Waals surface area contributed by atoms with E-state index in [1.54, 1.807) is 14.2 Å². The second kappa shape index (κ2) is 10.8. The predicted molar refractivity (Wildman–Crippen MR) is 154 cm³/mol. The molecule has 1 unspecified atom stereocenters. The van der Waals surface area contributed by atoms with Gasteiger partial charge in [0.1, 0.15) is 5.84 Å². The highest BCUT2D eigenvalue weighted by molar-refractivity contribution is 6.31. The summed E-state index contributed by atoms with van der Waals surface area (Å²) < 4.78 is 11.1. The normalized spacial score (nSPS) is 20.7. The molecule has 2 aliphatic rings. The van der Waals surface area contributed by atoms with E-state index in [0.29, 0.717) is 17.3 Å². The lowest BCUT2D eigenvalue weighted by Crippen LogP contribution is -2.57. The van der Waals surface area contributed by atoms with Gasteiger partial charge in [-0.05, 0) is 56.2 Å². The Labute approximate surface area is 230 Å². The van der Waals surface area contributed by atoms with Crippen molar-refractivity contribution in [3.63, 3.8) is 0 Å². The van der Waals surface area contributed by atoms with Gasteiger partial charge in [0.05, 0.1) is 19.9 Å². The minimum Gasteiger partial charge on any atom is -0.493 e. The molecule has 0 aromatic heterocycles. The van der Waals surface area contributed by atoms with E-state index < -0.39 is 5.79 Å². The molecule has 0 saturated carbocycles. The Balaban J connectivity index is 1.45. The van der Waals surface area contributed by atoms with Crippen molar-refractivity contribution in [1.82, 2.24) is 10.2 Å². The van der Waals surface area contributed by atoms with Gasteiger partial charge in [0.15, 0.2) is 17.3 Å². The fourth-order valence-corrected chi connectivity index (χ4v) is 6.05. The molecule has 3 aromatic rings. The number of nitrogens with zero attached hydrogens (tertiary/aromatic N) is 2. The molecular weight excluding hydrogens is 498 g/mol. The molecule has 0 aliphatic carbocycles. The number of piperidine rings is 1. The Hall–Kier alpha value is -3.26. The van der Waals surface area contributed by atoms with E-state index in [1.165, 1.54) is 11.1 Å². The first-order valence-electron chi connectivity index (χ1n) is 13.0. The summed E-state index contributed by atoms with van der Waals surface area (Å²) in [6, 6.07) is 22.7. The average Bonchev–Trinajstić information content (AvgIpc) is 2.95. The van der Waals surface area contributed by atoms with Gasteiger partial charge in [-0.2, -0.15) is 0 Å². The van der Waals surface area contributed by atoms with Crippen LogP contribution in [0.25, 0.3) is 0 Å². The first kappa shape index (κ1) is 26.4. The Bertz CT molecular complexity index is 1310. The molecule has 1 fully saturated rings. The van der Waals surface area contributed by atoms with E-state index in [0.717, 1.165) is 55.2 Å². The van der Waals surface area contributed by atoms with Crippen molar-refractivity contribution in [3.8, 4) is 11.5 Å². The summed E-state index contributed by atoms with van der Waals surface area (Å²) in [4.78, 5) is 7.51. The topological polar surface area (TPSA) is 84.1 Å². The van der Waals surface area contributed by atoms with Crippen LogP contribution >= 0.6 is 11.6 Å². The van der Waals surface area contributed by atoms with Crippen LogP contribution in [0.4, 0.5) is 5.69 Å². The zero-order valence-electron chi connectivity index (χ0n) is 22.3. The maximum Gasteiger partial charge on any atom is 0.187 e. The van der Waals surface area contributed by atoms with Crippen LogP contribution in [0.2, 0.25) is 5.02 Å². The molecule has 200 valence electrons. The van der Waals surface area contributed by atoms with Gasteiger partial charge in [-0.25, -0.2) is 4.99 Å². The van der Waals surface area contributed by atoms with Gasteiger partial charge in [0, 0.05) is 35.0 Å². The van der Waals surface area contributed by atoms with Crippen molar-refractivity contribution in [2.75, 3.05) is 39.7 Å². The summed E-state index contributed by atoms with van der Waals surface area (Å²) in [5.41, 5.74) is 10.6. The van der Waals surface area contributed by atoms with Gasteiger partial charge in [0.2, 0.25) is 0 Å². The number of likely N-dealkylation sites (tertiary alicyclic amines) is 1. The quantitative estimate of drug-likeness (QED) is 0.378. The smallest absolute Gasteiger partial charge is 0.187 e. The number of amidine groups is 1. The van der Waals surface area contributed by atoms with Crippen LogP contribution in [0.15, 0.2) is 71.7 Å². The maximum atomic E-state index is 6.57. The average molecular weight is 534 g/mol. The zero-order valence-corrected chi connectivity index (χ0v) is 23.0. The van der Waals surface area contributed by atoms with E-state index in [-0.39, 0.29) is 5.41 Å². The van der Waals surface area contributed by atoms with Crippen molar-refractivity contribution in [3.05, 3.63) is 88.4 Å². The van der Waals surface area contributed by atoms with E-state index in [9.17, 15) is 0 Å². The zero-order chi connectivity index (χ0) is 26.8. The molecule has 5 rings (SSSR count). The van der Waals surface area contributed by atoms with Crippen molar-refractivity contribution in [1.29, 1.82) is 0 Å². The molecule has 2 heterocycles. The molecule has 7 nitrogen and oxygen atoms in total. The van der Waals surface area contributed by atoms with Crippen LogP contribution in [0, 0.1) is 0 Å². The molecule has 3 aromatic carbocycles. The fourth-order valence-electron chi connectivity index (χ4n) is 5.86. The molecule has 0 bridgehead atoms. The summed E-state index contributed by atoms with van der Waals surface area (Å²) in [7, 11) is 5.19. The first-order chi connectivity index (χ1) is 18.4. The number of aliphatic imine (C=N–C) groups is 1. The third kappa shape index (κ3) is 5.06. The summed E-state index contributed by atoms with van der Waals surface area (Å²) in [6.07, 6.45) is 2.70. The highest BCUT2D eigenvalue weighted by atomic mass is 35.5. The molecule has 4 N–H and O–H groups in total. The van der Waals surface area contributed by atoms with Gasteiger partial charge in [-0.15, -0.1) is 0 Å². The van der Waals surface area contributed by atoms with Gasteiger partial charge >= 0.3 is 0 Å². The summed E-state index contributed by atoms with van der Waals surface area (Å²) >= 11 is 6.47. The standard InChI is InChI=1S/C30H36ClN5O2/c1-33-30(34-25-18-27(38-3)26(37-2)17-23(25)28(32)35-30)20-29(22-10-5-4-6-11-22)13-15-36(16-14-29)19-21-9-7-8-12-24(21)31/h4-12,17-18,33-34H,13-16,19-20H2,1-3H3,(H2,32,35). The second-order valence-electron chi connectivity index (χ2n) is 10.2. The number of rotatable bonds is 8. The van der Waals surface area contributed by atoms with Crippen LogP contribution in [0.1, 0.15) is 36.0 Å². The van der Waals surface area contributed by atoms with E-state index >= 15 is 0 Å². The predicted octanol–water partition coefficient (Wildman–Crippen LogP) is 4.99. The minimum absolute atomic E-state index is 0.105. The first-order valence-corrected chi connectivity index (χ1v) is 13.4.